The van der Waals surface area contributed by atoms with Crippen LogP contribution in [0.4, 0.5) is 5.82 Å². The van der Waals surface area contributed by atoms with Gasteiger partial charge in [-0.3, -0.25) is 4.79 Å². The molecule has 1 aromatic heterocycles. The number of nitrogens with zero attached hydrogens (tertiary/aromatic N) is 3. The van der Waals surface area contributed by atoms with E-state index in [2.05, 4.69) is 4.98 Å². The molecule has 0 aliphatic rings. The molecule has 8 nitrogen and oxygen atoms in total. The van der Waals surface area contributed by atoms with Crippen molar-refractivity contribution in [2.45, 2.75) is 0 Å². The summed E-state index contributed by atoms with van der Waals surface area (Å²) in [5.41, 5.74) is 0. The Kier molecular flexibility index (Phi) is 6.53. The number of likely N-dealkylation sites (N-methyl/N-ethyl adjacent to an activating group) is 1. The topological polar surface area (TPSA) is 94.8 Å². The van der Waals surface area contributed by atoms with E-state index in [1.807, 2.05) is 0 Å². The molecule has 1 amide bonds. The molecule has 0 aliphatic carbocycles. The maximum absolute atomic E-state index is 12.0. The summed E-state index contributed by atoms with van der Waals surface area (Å²) in [4.78, 5) is 27.2. The molecule has 0 atom stereocenters. The molecule has 0 saturated heterocycles. The van der Waals surface area contributed by atoms with Gasteiger partial charge >= 0.3 is 5.82 Å². The van der Waals surface area contributed by atoms with Crippen LogP contribution in [0.2, 0.25) is 5.02 Å². The number of benzene rings is 1. The van der Waals surface area contributed by atoms with E-state index in [4.69, 9.17) is 21.1 Å². The zero-order valence-electron chi connectivity index (χ0n) is 13.4. The van der Waals surface area contributed by atoms with Crippen molar-refractivity contribution in [1.82, 2.24) is 9.88 Å². The fourth-order valence-corrected chi connectivity index (χ4v) is 1.96. The van der Waals surface area contributed by atoms with E-state index in [1.54, 1.807) is 31.3 Å². The normalized spacial score (nSPS) is 10.2. The van der Waals surface area contributed by atoms with Crippen molar-refractivity contribution in [3.05, 3.63) is 57.7 Å². The molecule has 2 rings (SSSR count). The number of hydrogen-bond donors (Lipinski definition) is 0. The summed E-state index contributed by atoms with van der Waals surface area (Å²) >= 11 is 5.78. The van der Waals surface area contributed by atoms with E-state index >= 15 is 0 Å². The lowest BCUT2D eigenvalue weighted by atomic mass is 10.3. The van der Waals surface area contributed by atoms with Gasteiger partial charge in [-0.15, -0.1) is 0 Å². The number of carbonyl (C=O) groups excluding carboxylic acids is 1. The molecule has 0 fully saturated rings. The molecule has 2 aromatic rings. The highest BCUT2D eigenvalue weighted by Crippen LogP contribution is 2.22. The van der Waals surface area contributed by atoms with E-state index in [1.165, 1.54) is 23.2 Å². The van der Waals surface area contributed by atoms with Crippen molar-refractivity contribution in [3.8, 4) is 11.5 Å². The van der Waals surface area contributed by atoms with E-state index in [9.17, 15) is 14.9 Å². The van der Waals surface area contributed by atoms with E-state index in [0.29, 0.717) is 17.3 Å². The van der Waals surface area contributed by atoms with Gasteiger partial charge in [0.15, 0.2) is 6.61 Å². The monoisotopic (exact) mass is 365 g/mol. The minimum Gasteiger partial charge on any atom is -0.492 e. The van der Waals surface area contributed by atoms with Crippen LogP contribution in [0.25, 0.3) is 0 Å². The summed E-state index contributed by atoms with van der Waals surface area (Å²) in [5.74, 6) is -0.166. The Labute approximate surface area is 149 Å². The molecule has 1 heterocycles. The number of nitro groups is 1. The van der Waals surface area contributed by atoms with Gasteiger partial charge in [-0.25, -0.2) is 0 Å². The Balaban J connectivity index is 1.78. The predicted molar refractivity (Wildman–Crippen MR) is 91.0 cm³/mol. The lowest BCUT2D eigenvalue weighted by Gasteiger charge is -2.17. The second-order valence-electron chi connectivity index (χ2n) is 4.99. The van der Waals surface area contributed by atoms with Gasteiger partial charge in [0.1, 0.15) is 18.6 Å². The summed E-state index contributed by atoms with van der Waals surface area (Å²) in [6.45, 7) is 0.293. The smallest absolute Gasteiger partial charge is 0.406 e. The van der Waals surface area contributed by atoms with E-state index in [-0.39, 0.29) is 24.9 Å². The van der Waals surface area contributed by atoms with Gasteiger partial charge in [0.2, 0.25) is 5.75 Å². The number of aromatic nitrogens is 1. The number of halogens is 1. The zero-order chi connectivity index (χ0) is 18.2. The molecule has 0 bridgehead atoms. The molecule has 0 unspecified atom stereocenters. The fraction of sp³-hybridized carbons (Fsp3) is 0.250. The number of ether oxygens (including phenoxy) is 2. The Morgan fingerprint density at radius 1 is 1.28 bits per heavy atom. The average Bonchev–Trinajstić information content (AvgIpc) is 2.61. The molecule has 9 heteroatoms. The quantitative estimate of drug-likeness (QED) is 0.527. The standard InChI is InChI=1S/C16H16ClN3O5/c1-19(9-10-24-13-6-4-12(17)5-7-13)15(21)11-25-14-3-2-8-18-16(14)20(22)23/h2-8H,9-11H2,1H3. The molecule has 0 saturated carbocycles. The van der Waals surface area contributed by atoms with Gasteiger partial charge < -0.3 is 24.5 Å². The third-order valence-electron chi connectivity index (χ3n) is 3.21. The van der Waals surface area contributed by atoms with Crippen molar-refractivity contribution in [1.29, 1.82) is 0 Å². The third-order valence-corrected chi connectivity index (χ3v) is 3.46. The third kappa shape index (κ3) is 5.61. The first-order valence-electron chi connectivity index (χ1n) is 7.32. The van der Waals surface area contributed by atoms with Crippen LogP contribution in [-0.2, 0) is 4.79 Å². The maximum atomic E-state index is 12.0. The Morgan fingerprint density at radius 2 is 2.00 bits per heavy atom. The average molecular weight is 366 g/mol. The second-order valence-corrected chi connectivity index (χ2v) is 5.43. The minimum absolute atomic E-state index is 0.0494. The van der Waals surface area contributed by atoms with Crippen molar-refractivity contribution in [2.75, 3.05) is 26.8 Å². The highest BCUT2D eigenvalue weighted by Gasteiger charge is 2.17. The molecule has 25 heavy (non-hydrogen) atoms. The number of hydrogen-bond acceptors (Lipinski definition) is 6. The van der Waals surface area contributed by atoms with Crippen molar-refractivity contribution < 1.29 is 19.2 Å². The van der Waals surface area contributed by atoms with Crippen LogP contribution < -0.4 is 9.47 Å². The number of pyridine rings is 1. The fourth-order valence-electron chi connectivity index (χ4n) is 1.84. The summed E-state index contributed by atoms with van der Waals surface area (Å²) in [5, 5.41) is 11.5. The largest absolute Gasteiger partial charge is 0.492 e. The summed E-state index contributed by atoms with van der Waals surface area (Å²) in [7, 11) is 1.59. The first-order chi connectivity index (χ1) is 12.0. The summed E-state index contributed by atoms with van der Waals surface area (Å²) in [6.07, 6.45) is 1.28. The van der Waals surface area contributed by atoms with Gasteiger partial charge in [0, 0.05) is 12.1 Å². The van der Waals surface area contributed by atoms with E-state index < -0.39 is 10.7 Å². The highest BCUT2D eigenvalue weighted by atomic mass is 35.5. The van der Waals surface area contributed by atoms with Crippen molar-refractivity contribution in [3.63, 3.8) is 0 Å². The van der Waals surface area contributed by atoms with Crippen LogP contribution >= 0.6 is 11.6 Å². The summed E-state index contributed by atoms with van der Waals surface area (Å²) < 4.78 is 10.7. The Hall–Kier alpha value is -2.87. The lowest BCUT2D eigenvalue weighted by Crippen LogP contribution is -2.34. The summed E-state index contributed by atoms with van der Waals surface area (Å²) in [6, 6.07) is 9.77. The first-order valence-corrected chi connectivity index (χ1v) is 7.69. The Bertz CT molecular complexity index is 739. The highest BCUT2D eigenvalue weighted by molar-refractivity contribution is 6.30. The Morgan fingerprint density at radius 3 is 2.68 bits per heavy atom. The zero-order valence-corrected chi connectivity index (χ0v) is 14.2. The number of carbonyl (C=O) groups is 1. The first kappa shape index (κ1) is 18.5. The van der Waals surface area contributed by atoms with E-state index in [0.717, 1.165) is 0 Å². The van der Waals surface area contributed by atoms with Crippen LogP contribution in [0.3, 0.4) is 0 Å². The van der Waals surface area contributed by atoms with Gasteiger partial charge in [0.25, 0.3) is 5.91 Å². The van der Waals surface area contributed by atoms with Crippen LogP contribution in [0.5, 0.6) is 11.5 Å². The molecule has 0 radical (unpaired) electrons. The lowest BCUT2D eigenvalue weighted by molar-refractivity contribution is -0.390. The molecule has 0 aliphatic heterocycles. The van der Waals surface area contributed by atoms with Crippen molar-refractivity contribution in [2.24, 2.45) is 0 Å². The van der Waals surface area contributed by atoms with Gasteiger partial charge in [-0.05, 0) is 46.3 Å². The number of rotatable bonds is 8. The van der Waals surface area contributed by atoms with Crippen molar-refractivity contribution >= 4 is 23.3 Å². The molecule has 0 spiro atoms. The molecule has 0 N–H and O–H groups in total. The van der Waals surface area contributed by atoms with Gasteiger partial charge in [0.05, 0.1) is 6.54 Å². The molecular weight excluding hydrogens is 350 g/mol. The second kappa shape index (κ2) is 8.84. The van der Waals surface area contributed by atoms with Gasteiger partial charge in [-0.2, -0.15) is 0 Å². The van der Waals surface area contributed by atoms with Crippen LogP contribution in [-0.4, -0.2) is 47.5 Å². The molecule has 132 valence electrons. The van der Waals surface area contributed by atoms with Crippen LogP contribution in [0, 0.1) is 10.1 Å². The van der Waals surface area contributed by atoms with Crippen LogP contribution in [0.1, 0.15) is 0 Å². The SMILES string of the molecule is CN(CCOc1ccc(Cl)cc1)C(=O)COc1cccnc1[N+](=O)[O-]. The predicted octanol–water partition coefficient (Wildman–Crippen LogP) is 2.56. The molecular formula is C16H16ClN3O5. The number of amides is 1. The molecule has 1 aromatic carbocycles. The minimum atomic E-state index is -0.663. The van der Waals surface area contributed by atoms with Gasteiger partial charge in [-0.1, -0.05) is 11.6 Å². The van der Waals surface area contributed by atoms with Crippen LogP contribution in [0.15, 0.2) is 42.6 Å². The maximum Gasteiger partial charge on any atom is 0.406 e.